The minimum absolute atomic E-state index is 0.580. The van der Waals surface area contributed by atoms with Crippen molar-refractivity contribution in [1.29, 1.82) is 0 Å². The van der Waals surface area contributed by atoms with E-state index >= 15 is 0 Å². The molecule has 0 radical (unpaired) electrons. The van der Waals surface area contributed by atoms with E-state index in [1.54, 1.807) is 0 Å². The molecule has 2 fully saturated rings. The first-order valence-corrected chi connectivity index (χ1v) is 6.18. The summed E-state index contributed by atoms with van der Waals surface area (Å²) < 4.78 is 0. The summed E-state index contributed by atoms with van der Waals surface area (Å²) in [5.74, 6) is 0. The van der Waals surface area contributed by atoms with E-state index in [4.69, 9.17) is 0 Å². The van der Waals surface area contributed by atoms with Crippen LogP contribution in [0.4, 0.5) is 0 Å². The maximum Gasteiger partial charge on any atom is 0.0260 e. The third-order valence-corrected chi connectivity index (χ3v) is 3.17. The van der Waals surface area contributed by atoms with Crippen molar-refractivity contribution in [3.05, 3.63) is 12.2 Å². The predicted octanol–water partition coefficient (Wildman–Crippen LogP) is 3.85. The van der Waals surface area contributed by atoms with Crippen LogP contribution < -0.4 is 0 Å². The lowest BCUT2D eigenvalue weighted by molar-refractivity contribution is 0.0245. The Labute approximate surface area is 90.2 Å². The van der Waals surface area contributed by atoms with Gasteiger partial charge in [0.2, 0.25) is 0 Å². The van der Waals surface area contributed by atoms with E-state index in [-0.39, 0.29) is 0 Å². The maximum atomic E-state index is 4.05. The van der Waals surface area contributed by atoms with Crippen molar-refractivity contribution in [3.8, 4) is 0 Å². The highest BCUT2D eigenvalue weighted by molar-refractivity contribution is 5.19. The van der Waals surface area contributed by atoms with Gasteiger partial charge in [-0.05, 0) is 19.3 Å². The molecule has 2 rings (SSSR count). The second-order valence-electron chi connectivity index (χ2n) is 3.68. The molecule has 0 amide bonds. The molecule has 84 valence electrons. The van der Waals surface area contributed by atoms with Crippen molar-refractivity contribution in [1.82, 2.24) is 4.90 Å². The van der Waals surface area contributed by atoms with Crippen LogP contribution in [-0.2, 0) is 0 Å². The SMILES string of the molecule is C=C1CN2CC[C@@]2(CC)C1.CC.CC. The molecule has 0 aromatic rings. The first kappa shape index (κ1) is 13.7. The predicted molar refractivity (Wildman–Crippen MR) is 65.7 cm³/mol. The van der Waals surface area contributed by atoms with Crippen LogP contribution >= 0.6 is 0 Å². The van der Waals surface area contributed by atoms with Crippen LogP contribution in [0.2, 0.25) is 0 Å². The molecule has 0 bridgehead atoms. The average molecular weight is 197 g/mol. The molecular formula is C13H27N. The van der Waals surface area contributed by atoms with E-state index in [1.165, 1.54) is 37.9 Å². The summed E-state index contributed by atoms with van der Waals surface area (Å²) in [6.45, 7) is 16.8. The standard InChI is InChI=1S/C9H15N.2C2H6/c1-3-9-4-5-10(9)7-8(2)6-9;2*1-2/h2-7H2,1H3;2*1-2H3/t9-;;/m0../s1. The third kappa shape index (κ3) is 2.38. The zero-order chi connectivity index (χ0) is 11.2. The fourth-order valence-corrected chi connectivity index (χ4v) is 2.35. The molecule has 0 saturated carbocycles. The van der Waals surface area contributed by atoms with E-state index in [1.807, 2.05) is 27.7 Å². The zero-order valence-electron chi connectivity index (χ0n) is 10.7. The summed E-state index contributed by atoms with van der Waals surface area (Å²) in [6.07, 6.45) is 3.98. The van der Waals surface area contributed by atoms with Crippen molar-refractivity contribution >= 4 is 0 Å². The maximum absolute atomic E-state index is 4.05. The molecule has 1 nitrogen and oxygen atoms in total. The van der Waals surface area contributed by atoms with Crippen molar-refractivity contribution in [2.45, 2.75) is 59.4 Å². The Morgan fingerprint density at radius 1 is 1.29 bits per heavy atom. The Morgan fingerprint density at radius 3 is 2.07 bits per heavy atom. The highest BCUT2D eigenvalue weighted by atomic mass is 15.3. The average Bonchev–Trinajstić information content (AvgIpc) is 2.47. The highest BCUT2D eigenvalue weighted by Gasteiger charge is 2.47. The molecule has 2 aliphatic heterocycles. The molecule has 0 unspecified atom stereocenters. The van der Waals surface area contributed by atoms with Gasteiger partial charge in [-0.1, -0.05) is 46.8 Å². The van der Waals surface area contributed by atoms with Gasteiger partial charge in [-0.3, -0.25) is 4.90 Å². The molecule has 2 aliphatic rings. The molecule has 0 aromatic heterocycles. The van der Waals surface area contributed by atoms with Gasteiger partial charge in [0.05, 0.1) is 0 Å². The second kappa shape index (κ2) is 6.23. The minimum Gasteiger partial charge on any atom is -0.293 e. The molecule has 0 aliphatic carbocycles. The van der Waals surface area contributed by atoms with E-state index in [2.05, 4.69) is 18.4 Å². The summed E-state index contributed by atoms with van der Waals surface area (Å²) in [7, 11) is 0. The molecule has 0 spiro atoms. The van der Waals surface area contributed by atoms with Gasteiger partial charge in [0.15, 0.2) is 0 Å². The number of hydrogen-bond donors (Lipinski definition) is 0. The van der Waals surface area contributed by atoms with E-state index in [9.17, 15) is 0 Å². The van der Waals surface area contributed by atoms with Gasteiger partial charge < -0.3 is 0 Å². The Bertz CT molecular complexity index is 170. The van der Waals surface area contributed by atoms with Crippen molar-refractivity contribution in [3.63, 3.8) is 0 Å². The van der Waals surface area contributed by atoms with E-state index in [0.29, 0.717) is 5.54 Å². The number of fused-ring (bicyclic) bond motifs is 1. The molecule has 0 N–H and O–H groups in total. The number of nitrogens with zero attached hydrogens (tertiary/aromatic N) is 1. The van der Waals surface area contributed by atoms with Gasteiger partial charge in [0.25, 0.3) is 0 Å². The number of hydrogen-bond acceptors (Lipinski definition) is 1. The van der Waals surface area contributed by atoms with Crippen LogP contribution in [0.1, 0.15) is 53.9 Å². The molecule has 1 heteroatoms. The zero-order valence-corrected chi connectivity index (χ0v) is 10.7. The minimum atomic E-state index is 0.580. The summed E-state index contributed by atoms with van der Waals surface area (Å²) in [6, 6.07) is 0. The highest BCUT2D eigenvalue weighted by Crippen LogP contribution is 2.44. The van der Waals surface area contributed by atoms with E-state index in [0.717, 1.165) is 0 Å². The lowest BCUT2D eigenvalue weighted by Crippen LogP contribution is -2.54. The normalized spacial score (nSPS) is 29.1. The third-order valence-electron chi connectivity index (χ3n) is 3.17. The molecule has 14 heavy (non-hydrogen) atoms. The van der Waals surface area contributed by atoms with Crippen LogP contribution in [0.5, 0.6) is 0 Å². The summed E-state index contributed by atoms with van der Waals surface area (Å²) in [4.78, 5) is 2.58. The fourth-order valence-electron chi connectivity index (χ4n) is 2.35. The summed E-state index contributed by atoms with van der Waals surface area (Å²) in [5.41, 5.74) is 2.02. The smallest absolute Gasteiger partial charge is 0.0260 e. The van der Waals surface area contributed by atoms with Gasteiger partial charge in [0.1, 0.15) is 0 Å². The molecule has 2 saturated heterocycles. The van der Waals surface area contributed by atoms with Crippen molar-refractivity contribution in [2.24, 2.45) is 0 Å². The van der Waals surface area contributed by atoms with Crippen LogP contribution in [0.15, 0.2) is 12.2 Å². The lowest BCUT2D eigenvalue weighted by atomic mass is 9.82. The Hall–Kier alpha value is -0.300. The Morgan fingerprint density at radius 2 is 1.86 bits per heavy atom. The monoisotopic (exact) mass is 197 g/mol. The first-order valence-electron chi connectivity index (χ1n) is 6.18. The largest absolute Gasteiger partial charge is 0.293 e. The van der Waals surface area contributed by atoms with Crippen molar-refractivity contribution in [2.75, 3.05) is 13.1 Å². The van der Waals surface area contributed by atoms with Crippen molar-refractivity contribution < 1.29 is 0 Å². The van der Waals surface area contributed by atoms with Gasteiger partial charge in [-0.25, -0.2) is 0 Å². The Kier molecular flexibility index (Phi) is 6.10. The Balaban J connectivity index is 0.000000379. The topological polar surface area (TPSA) is 3.24 Å². The summed E-state index contributed by atoms with van der Waals surface area (Å²) >= 11 is 0. The van der Waals surface area contributed by atoms with E-state index < -0.39 is 0 Å². The van der Waals surface area contributed by atoms with Crippen LogP contribution in [0, 0.1) is 0 Å². The lowest BCUT2D eigenvalue weighted by Gasteiger charge is -2.47. The molecule has 1 atom stereocenters. The van der Waals surface area contributed by atoms with Gasteiger partial charge in [0, 0.05) is 18.6 Å². The molecule has 2 heterocycles. The van der Waals surface area contributed by atoms with Gasteiger partial charge in [-0.2, -0.15) is 0 Å². The van der Waals surface area contributed by atoms with Gasteiger partial charge in [-0.15, -0.1) is 0 Å². The fraction of sp³-hybridized carbons (Fsp3) is 0.846. The van der Waals surface area contributed by atoms with Crippen LogP contribution in [0.3, 0.4) is 0 Å². The molecule has 0 aromatic carbocycles. The van der Waals surface area contributed by atoms with Crippen LogP contribution in [-0.4, -0.2) is 23.5 Å². The first-order chi connectivity index (χ1) is 6.77. The number of rotatable bonds is 1. The second-order valence-corrected chi connectivity index (χ2v) is 3.68. The summed E-state index contributed by atoms with van der Waals surface area (Å²) in [5, 5.41) is 0. The van der Waals surface area contributed by atoms with Gasteiger partial charge >= 0.3 is 0 Å². The quantitative estimate of drug-likeness (QED) is 0.577. The van der Waals surface area contributed by atoms with Crippen LogP contribution in [0.25, 0.3) is 0 Å². The molecular weight excluding hydrogens is 170 g/mol.